The monoisotopic (exact) mass is 235 g/mol. The fourth-order valence-electron chi connectivity index (χ4n) is 1.86. The smallest absolute Gasteiger partial charge is 0.325 e. The van der Waals surface area contributed by atoms with Gasteiger partial charge in [-0.3, -0.25) is 4.79 Å². The average Bonchev–Trinajstić information content (AvgIpc) is 2.35. The van der Waals surface area contributed by atoms with Crippen molar-refractivity contribution in [2.45, 2.75) is 32.7 Å². The van der Waals surface area contributed by atoms with E-state index in [-0.39, 0.29) is 0 Å². The summed E-state index contributed by atoms with van der Waals surface area (Å²) in [7, 11) is 0. The predicted molar refractivity (Wildman–Crippen MR) is 68.9 cm³/mol. The number of hydrogen-bond donors (Lipinski definition) is 2. The third-order valence-electron chi connectivity index (χ3n) is 3.15. The summed E-state index contributed by atoms with van der Waals surface area (Å²) in [6.07, 6.45) is 2.15. The second kappa shape index (κ2) is 7.07. The molecule has 0 radical (unpaired) electrons. The number of benzene rings is 1. The number of aliphatic carboxylic acids is 1. The maximum Gasteiger partial charge on any atom is 0.325 e. The molecule has 2 N–H and O–H groups in total. The van der Waals surface area contributed by atoms with Crippen molar-refractivity contribution in [3.05, 3.63) is 35.9 Å². The molecular formula is C14H21NO2. The van der Waals surface area contributed by atoms with Gasteiger partial charge in [-0.25, -0.2) is 0 Å². The Morgan fingerprint density at radius 1 is 1.24 bits per heavy atom. The highest BCUT2D eigenvalue weighted by Crippen LogP contribution is 2.14. The van der Waals surface area contributed by atoms with Crippen LogP contribution in [0.5, 0.6) is 0 Å². The molecule has 0 aromatic heterocycles. The van der Waals surface area contributed by atoms with E-state index in [1.807, 2.05) is 30.3 Å². The first kappa shape index (κ1) is 13.7. The Hall–Kier alpha value is -1.35. The van der Waals surface area contributed by atoms with Crippen LogP contribution < -0.4 is 5.32 Å². The highest BCUT2D eigenvalue weighted by atomic mass is 16.4. The van der Waals surface area contributed by atoms with Crippen molar-refractivity contribution >= 4 is 5.97 Å². The summed E-state index contributed by atoms with van der Waals surface area (Å²) < 4.78 is 0. The lowest BCUT2D eigenvalue weighted by Crippen LogP contribution is -2.32. The standard InChI is InChI=1S/C14H21NO2/c1-3-11(4-2)10-15-13(14(16)17)12-8-6-5-7-9-12/h5-9,11,13,15H,3-4,10H2,1-2H3,(H,16,17)/t13-/m0/s1. The normalized spacial score (nSPS) is 12.6. The summed E-state index contributed by atoms with van der Waals surface area (Å²) >= 11 is 0. The van der Waals surface area contributed by atoms with Crippen LogP contribution in [0.1, 0.15) is 38.3 Å². The molecule has 0 aliphatic heterocycles. The molecule has 0 aliphatic carbocycles. The van der Waals surface area contributed by atoms with Crippen molar-refractivity contribution in [1.82, 2.24) is 5.32 Å². The van der Waals surface area contributed by atoms with Crippen molar-refractivity contribution < 1.29 is 9.90 Å². The lowest BCUT2D eigenvalue weighted by Gasteiger charge is -2.19. The van der Waals surface area contributed by atoms with Crippen LogP contribution in [0.4, 0.5) is 0 Å². The van der Waals surface area contributed by atoms with Crippen LogP contribution >= 0.6 is 0 Å². The highest BCUT2D eigenvalue weighted by molar-refractivity contribution is 5.75. The molecule has 0 spiro atoms. The van der Waals surface area contributed by atoms with E-state index in [0.29, 0.717) is 5.92 Å². The number of carbonyl (C=O) groups is 1. The summed E-state index contributed by atoms with van der Waals surface area (Å²) in [5.41, 5.74) is 0.811. The van der Waals surface area contributed by atoms with Gasteiger partial charge in [0.05, 0.1) is 0 Å². The van der Waals surface area contributed by atoms with Gasteiger partial charge >= 0.3 is 5.97 Å². The fraction of sp³-hybridized carbons (Fsp3) is 0.500. The van der Waals surface area contributed by atoms with Gasteiger partial charge in [-0.2, -0.15) is 0 Å². The topological polar surface area (TPSA) is 49.3 Å². The third-order valence-corrected chi connectivity index (χ3v) is 3.15. The molecule has 0 saturated carbocycles. The van der Waals surface area contributed by atoms with Crippen molar-refractivity contribution in [2.75, 3.05) is 6.54 Å². The summed E-state index contributed by atoms with van der Waals surface area (Å²) in [5.74, 6) is -0.275. The first-order valence-corrected chi connectivity index (χ1v) is 6.20. The van der Waals surface area contributed by atoms with Gasteiger partial charge in [0.1, 0.15) is 6.04 Å². The zero-order chi connectivity index (χ0) is 12.7. The van der Waals surface area contributed by atoms with Gasteiger partial charge in [-0.05, 0) is 18.0 Å². The zero-order valence-corrected chi connectivity index (χ0v) is 10.5. The molecule has 1 aromatic rings. The second-order valence-corrected chi connectivity index (χ2v) is 4.27. The van der Waals surface area contributed by atoms with Crippen molar-refractivity contribution in [1.29, 1.82) is 0 Å². The molecule has 0 aliphatic rings. The van der Waals surface area contributed by atoms with E-state index in [1.165, 1.54) is 0 Å². The van der Waals surface area contributed by atoms with Gasteiger partial charge in [-0.1, -0.05) is 57.0 Å². The van der Waals surface area contributed by atoms with E-state index >= 15 is 0 Å². The Kier molecular flexibility index (Phi) is 5.70. The van der Waals surface area contributed by atoms with E-state index in [4.69, 9.17) is 0 Å². The maximum atomic E-state index is 11.2. The van der Waals surface area contributed by atoms with Gasteiger partial charge in [-0.15, -0.1) is 0 Å². The van der Waals surface area contributed by atoms with Crippen molar-refractivity contribution in [2.24, 2.45) is 5.92 Å². The van der Waals surface area contributed by atoms with Crippen molar-refractivity contribution in [3.63, 3.8) is 0 Å². The molecule has 0 unspecified atom stereocenters. The van der Waals surface area contributed by atoms with Crippen LogP contribution in [-0.4, -0.2) is 17.6 Å². The summed E-state index contributed by atoms with van der Waals surface area (Å²) in [4.78, 5) is 11.2. The summed E-state index contributed by atoms with van der Waals surface area (Å²) in [5, 5.41) is 12.4. The molecule has 0 heterocycles. The molecule has 1 rings (SSSR count). The molecule has 0 saturated heterocycles. The second-order valence-electron chi connectivity index (χ2n) is 4.27. The van der Waals surface area contributed by atoms with E-state index in [2.05, 4.69) is 19.2 Å². The Labute approximate surface area is 103 Å². The first-order chi connectivity index (χ1) is 8.19. The number of carboxylic acid groups (broad SMARTS) is 1. The van der Waals surface area contributed by atoms with Crippen LogP contribution in [0, 0.1) is 5.92 Å². The lowest BCUT2D eigenvalue weighted by molar-refractivity contribution is -0.139. The molecule has 0 fully saturated rings. The van der Waals surface area contributed by atoms with Gasteiger partial charge in [0.15, 0.2) is 0 Å². The number of rotatable bonds is 7. The van der Waals surface area contributed by atoms with Crippen LogP contribution in [0.15, 0.2) is 30.3 Å². The van der Waals surface area contributed by atoms with Crippen LogP contribution in [0.25, 0.3) is 0 Å². The number of nitrogens with one attached hydrogen (secondary N) is 1. The molecule has 3 nitrogen and oxygen atoms in total. The fourth-order valence-corrected chi connectivity index (χ4v) is 1.86. The number of hydrogen-bond acceptors (Lipinski definition) is 2. The lowest BCUT2D eigenvalue weighted by atomic mass is 10.0. The molecule has 94 valence electrons. The largest absolute Gasteiger partial charge is 0.480 e. The third kappa shape index (κ3) is 4.19. The highest BCUT2D eigenvalue weighted by Gasteiger charge is 2.19. The minimum absolute atomic E-state index is 0.542. The van der Waals surface area contributed by atoms with E-state index in [9.17, 15) is 9.90 Å². The Bertz CT molecular complexity index is 333. The average molecular weight is 235 g/mol. The molecular weight excluding hydrogens is 214 g/mol. The molecule has 3 heteroatoms. The molecule has 1 atom stereocenters. The van der Waals surface area contributed by atoms with Gasteiger partial charge in [0.25, 0.3) is 0 Å². The maximum absolute atomic E-state index is 11.2. The summed E-state index contributed by atoms with van der Waals surface area (Å²) in [6, 6.07) is 8.71. The summed E-state index contributed by atoms with van der Waals surface area (Å²) in [6.45, 7) is 5.02. The van der Waals surface area contributed by atoms with Crippen molar-refractivity contribution in [3.8, 4) is 0 Å². The molecule has 0 amide bonds. The Morgan fingerprint density at radius 3 is 2.29 bits per heavy atom. The van der Waals surface area contributed by atoms with Crippen LogP contribution in [-0.2, 0) is 4.79 Å². The minimum atomic E-state index is -0.817. The molecule has 0 bridgehead atoms. The van der Waals surface area contributed by atoms with Crippen LogP contribution in [0.3, 0.4) is 0 Å². The van der Waals surface area contributed by atoms with Gasteiger partial charge in [0.2, 0.25) is 0 Å². The Morgan fingerprint density at radius 2 is 1.82 bits per heavy atom. The zero-order valence-electron chi connectivity index (χ0n) is 10.5. The SMILES string of the molecule is CCC(CC)CN[C@H](C(=O)O)c1ccccc1. The predicted octanol–water partition coefficient (Wildman–Crippen LogP) is 2.84. The van der Waals surface area contributed by atoms with E-state index in [0.717, 1.165) is 24.9 Å². The van der Waals surface area contributed by atoms with Gasteiger partial charge in [0, 0.05) is 0 Å². The quantitative estimate of drug-likeness (QED) is 0.764. The number of carboxylic acids is 1. The van der Waals surface area contributed by atoms with Crippen LogP contribution in [0.2, 0.25) is 0 Å². The molecule has 1 aromatic carbocycles. The first-order valence-electron chi connectivity index (χ1n) is 6.20. The minimum Gasteiger partial charge on any atom is -0.480 e. The van der Waals surface area contributed by atoms with Gasteiger partial charge < -0.3 is 10.4 Å². The van der Waals surface area contributed by atoms with E-state index < -0.39 is 12.0 Å². The molecule has 17 heavy (non-hydrogen) atoms. The van der Waals surface area contributed by atoms with E-state index in [1.54, 1.807) is 0 Å². The Balaban J connectivity index is 2.65.